The Bertz CT molecular complexity index is 3270. The Balaban J connectivity index is -0.00000625. The zero-order valence-electron chi connectivity index (χ0n) is 60.6. The molecule has 5 amide bonds. The van der Waals surface area contributed by atoms with Crippen LogP contribution >= 0.6 is 0 Å². The van der Waals surface area contributed by atoms with Gasteiger partial charge in [-0.05, 0) is 176 Å². The third kappa shape index (κ3) is 33.7. The number of anilines is 1. The fourth-order valence-corrected chi connectivity index (χ4v) is 12.4. The van der Waals surface area contributed by atoms with Gasteiger partial charge in [0, 0.05) is 125 Å². The number of aromatic hydroxyl groups is 2. The van der Waals surface area contributed by atoms with Gasteiger partial charge in [0.05, 0.1) is 12.1 Å². The predicted octanol–water partition coefficient (Wildman–Crippen LogP) is -28.7. The number of hydrogen-bond donors (Lipinski definition) is 7. The van der Waals surface area contributed by atoms with Crippen molar-refractivity contribution in [3.05, 3.63) is 76.9 Å². The van der Waals surface area contributed by atoms with Crippen molar-refractivity contribution in [2.24, 2.45) is 11.3 Å². The number of carbonyl (C=O) groups excluding carboxylic acids is 14. The number of carbonyl (C=O) groups is 14. The summed E-state index contributed by atoms with van der Waals surface area (Å²) >= 11 is 0. The smallest absolute Gasteiger partial charge is 0.550 e. The Kier molecular flexibility index (Phi) is 52.4. The zero-order chi connectivity index (χ0) is 71.3. The van der Waals surface area contributed by atoms with Gasteiger partial charge in [-0.3, -0.25) is 24.0 Å². The van der Waals surface area contributed by atoms with Gasteiger partial charge >= 0.3 is 242 Å². The Morgan fingerprint density at radius 2 is 0.683 bits per heavy atom. The van der Waals surface area contributed by atoms with E-state index in [1.807, 2.05) is 0 Å². The molecule has 1 spiro atoms. The number of rotatable bonds is 43. The topological polar surface area (TPSA) is 543 Å². The summed E-state index contributed by atoms with van der Waals surface area (Å²) in [5, 5.41) is 127. The number of ether oxygens (including phenoxy) is 2. The Morgan fingerprint density at radius 3 is 0.981 bits per heavy atom. The van der Waals surface area contributed by atoms with E-state index in [1.54, 1.807) is 13.8 Å². The molecular weight excluding hydrogens is 1450 g/mol. The summed E-state index contributed by atoms with van der Waals surface area (Å²) in [6.07, 6.45) is -14.1. The van der Waals surface area contributed by atoms with Crippen LogP contribution in [0.4, 0.5) is 5.69 Å². The SMILES string of the molecule is CC(C)C(CCC(=O)NC(CCC(=O)[O-])(CCC(=O)[O-])CCC(=O)[O-])(CCC(=O)NC(CCC(=O)[O-])(CCC(=O)[O-])CCC(=O)[O-])CCC(=O)NC(CCC(=O)[O-])(CCC(=O)[O-])CCC(=O)NCC(=O)Nc1ccc2c(c1)C(=O)OC21c2ccc(O)cc2Oc2cc(O)ccc21.[Na+].[Na+].[Na+].[Na+].[Na+].[Na+].[Na+].[Na+]. The van der Waals surface area contributed by atoms with Crippen molar-refractivity contribution in [2.45, 2.75) is 190 Å². The van der Waals surface area contributed by atoms with Crippen LogP contribution < -0.4 is 309 Å². The predicted molar refractivity (Wildman–Crippen MR) is 310 cm³/mol. The van der Waals surface area contributed by atoms with Crippen molar-refractivity contribution >= 4 is 88.9 Å². The third-order valence-corrected chi connectivity index (χ3v) is 17.8. The van der Waals surface area contributed by atoms with E-state index in [0.29, 0.717) is 16.7 Å². The first kappa shape index (κ1) is 108. The molecule has 39 heteroatoms. The van der Waals surface area contributed by atoms with Crippen LogP contribution in [0.3, 0.4) is 0 Å². The van der Waals surface area contributed by atoms with Gasteiger partial charge in [0.15, 0.2) is 5.60 Å². The molecule has 7 N–H and O–H groups in total. The Morgan fingerprint density at radius 1 is 0.394 bits per heavy atom. The second-order valence-corrected chi connectivity index (χ2v) is 24.6. The van der Waals surface area contributed by atoms with Gasteiger partial charge in [-0.15, -0.1) is 0 Å². The fraction of sp³-hybridized carbons (Fsp3) is 0.508. The van der Waals surface area contributed by atoms with Crippen molar-refractivity contribution in [3.63, 3.8) is 0 Å². The molecule has 0 atom stereocenters. The quantitative estimate of drug-likeness (QED) is 0.0204. The molecule has 2 heterocycles. The van der Waals surface area contributed by atoms with E-state index in [1.165, 1.54) is 54.6 Å². The second kappa shape index (κ2) is 50.5. The van der Waals surface area contributed by atoms with Gasteiger partial charge in [-0.1, -0.05) is 19.9 Å². The van der Waals surface area contributed by atoms with Crippen LogP contribution in [-0.4, -0.2) is 117 Å². The number of fused-ring (bicyclic) bond motifs is 6. The van der Waals surface area contributed by atoms with Crippen LogP contribution in [0.15, 0.2) is 54.6 Å². The molecular formula is C65H73N5Na8O26. The molecule has 3 aromatic rings. The summed E-state index contributed by atoms with van der Waals surface area (Å²) < 4.78 is 12.0. The van der Waals surface area contributed by atoms with Gasteiger partial charge in [0.1, 0.15) is 23.0 Å². The number of hydrogen-bond acceptors (Lipinski definition) is 26. The summed E-state index contributed by atoms with van der Waals surface area (Å²) in [4.78, 5) is 177. The molecule has 0 saturated heterocycles. The molecule has 5 rings (SSSR count). The van der Waals surface area contributed by atoms with E-state index in [9.17, 15) is 118 Å². The zero-order valence-corrected chi connectivity index (χ0v) is 76.6. The van der Waals surface area contributed by atoms with Crippen LogP contribution in [0.5, 0.6) is 23.0 Å². The number of carboxylic acid groups (broad SMARTS) is 8. The number of carboxylic acids is 8. The molecule has 104 heavy (non-hydrogen) atoms. The number of phenolic OH excluding ortho intramolecular Hbond substituents is 2. The number of amides is 5. The first-order chi connectivity index (χ1) is 45.0. The third-order valence-electron chi connectivity index (χ3n) is 17.8. The van der Waals surface area contributed by atoms with E-state index in [-0.39, 0.29) is 290 Å². The molecule has 522 valence electrons. The molecule has 0 saturated carbocycles. The average Bonchev–Trinajstić information content (AvgIpc) is 1.49. The second-order valence-electron chi connectivity index (χ2n) is 24.6. The normalized spacial score (nSPS) is 12.0. The van der Waals surface area contributed by atoms with Crippen LogP contribution in [-0.2, 0) is 72.7 Å². The average molecular weight is 1520 g/mol. The van der Waals surface area contributed by atoms with Crippen molar-refractivity contribution in [1.29, 1.82) is 0 Å². The van der Waals surface area contributed by atoms with Gasteiger partial charge in [-0.2, -0.15) is 0 Å². The van der Waals surface area contributed by atoms with Crippen LogP contribution in [0.25, 0.3) is 0 Å². The molecule has 0 aromatic heterocycles. The standard InChI is InChI=1S/C65H81N5O26.8Na/c1-37(2)61(22-10-49(75)69-63(27-15-54(82)83,28-16-55(84)85)29-17-56(86)87,23-11-50(76)70-64(30-18-57(88)89,31-19-58(90)91)32-20-59(92)93)21-9-48(74)68-62(25-13-52(78)79,26-14-53(80)81)24-12-47(73)66-36-51(77)67-38-3-6-42-41(33-38)60(94)96-65(42)43-7-4-39(71)34-45(43)95-46-35-40(72)5-8-44(46)65;;;;;;;;/h3-8,33-35,37,71-72H,9-32,36H2,1-2H3,(H,66,73)(H,67,77)(H,68,74)(H,69,75)(H,70,76)(H,78,79)(H,80,81)(H,82,83)(H,84,85)(H,86,87)(H,88,89)(H,90,91)(H,92,93);;;;;;;;/q;8*+1/p-8. The summed E-state index contributed by atoms with van der Waals surface area (Å²) in [5.41, 5.74) is -7.41. The van der Waals surface area contributed by atoms with Crippen LogP contribution in [0, 0.1) is 11.3 Å². The summed E-state index contributed by atoms with van der Waals surface area (Å²) in [7, 11) is 0. The Hall–Kier alpha value is -2.36. The maximum Gasteiger partial charge on any atom is 1.00 e. The number of esters is 1. The Labute approximate surface area is 776 Å². The molecule has 0 bridgehead atoms. The van der Waals surface area contributed by atoms with E-state index < -0.39 is 258 Å². The minimum absolute atomic E-state index is 0. The number of aliphatic carboxylic acids is 8. The van der Waals surface area contributed by atoms with Crippen LogP contribution in [0.2, 0.25) is 0 Å². The molecule has 0 unspecified atom stereocenters. The first-order valence-corrected chi connectivity index (χ1v) is 30.9. The largest absolute Gasteiger partial charge is 1.00 e. The van der Waals surface area contributed by atoms with E-state index >= 15 is 0 Å². The molecule has 2 aliphatic heterocycles. The van der Waals surface area contributed by atoms with Crippen LogP contribution in [0.1, 0.15) is 195 Å². The first-order valence-electron chi connectivity index (χ1n) is 30.9. The van der Waals surface area contributed by atoms with E-state index in [0.717, 1.165) is 0 Å². The van der Waals surface area contributed by atoms with Gasteiger partial charge in [0.2, 0.25) is 29.5 Å². The van der Waals surface area contributed by atoms with Crippen molar-refractivity contribution < 1.29 is 364 Å². The molecule has 0 aliphatic carbocycles. The minimum Gasteiger partial charge on any atom is -0.550 e. The molecule has 31 nitrogen and oxygen atoms in total. The van der Waals surface area contributed by atoms with Gasteiger partial charge in [-0.25, -0.2) is 4.79 Å². The molecule has 0 fully saturated rings. The summed E-state index contributed by atoms with van der Waals surface area (Å²) in [6.45, 7) is 2.53. The fourth-order valence-electron chi connectivity index (χ4n) is 12.4. The monoisotopic (exact) mass is 1520 g/mol. The van der Waals surface area contributed by atoms with Crippen molar-refractivity contribution in [3.8, 4) is 23.0 Å². The summed E-state index contributed by atoms with van der Waals surface area (Å²) in [6, 6.07) is 12.6. The van der Waals surface area contributed by atoms with E-state index in [2.05, 4.69) is 26.6 Å². The number of nitrogens with one attached hydrogen (secondary N) is 5. The number of phenols is 2. The minimum atomic E-state index is -1.85. The molecule has 0 radical (unpaired) electrons. The number of benzene rings is 3. The van der Waals surface area contributed by atoms with Crippen molar-refractivity contribution in [1.82, 2.24) is 21.3 Å². The molecule has 3 aromatic carbocycles. The maximum atomic E-state index is 14.5. The maximum absolute atomic E-state index is 14.5. The summed E-state index contributed by atoms with van der Waals surface area (Å²) in [5.74, 6) is -19.1. The van der Waals surface area contributed by atoms with E-state index in [4.69, 9.17) is 9.47 Å². The van der Waals surface area contributed by atoms with Gasteiger partial charge < -0.3 is 125 Å². The van der Waals surface area contributed by atoms with Crippen molar-refractivity contribution in [2.75, 3.05) is 11.9 Å². The van der Waals surface area contributed by atoms with Gasteiger partial charge in [0.25, 0.3) is 0 Å². The molecule has 2 aliphatic rings.